The first-order valence-corrected chi connectivity index (χ1v) is 6.10. The van der Waals surface area contributed by atoms with Crippen LogP contribution in [0.25, 0.3) is 0 Å². The van der Waals surface area contributed by atoms with Gasteiger partial charge < -0.3 is 5.11 Å². The summed E-state index contributed by atoms with van der Waals surface area (Å²) in [5, 5.41) is 12.8. The number of hydrogen-bond donors (Lipinski definition) is 2. The highest BCUT2D eigenvalue weighted by molar-refractivity contribution is 7.89. The quantitative estimate of drug-likeness (QED) is 0.716. The summed E-state index contributed by atoms with van der Waals surface area (Å²) in [7, 11) is -2.03. The lowest BCUT2D eigenvalue weighted by Gasteiger charge is -2.13. The Morgan fingerprint density at radius 2 is 2.33 bits per heavy atom. The Morgan fingerprint density at radius 1 is 1.67 bits per heavy atom. The highest BCUT2D eigenvalue weighted by Gasteiger charge is 2.21. The molecule has 6 nitrogen and oxygen atoms in total. The zero-order chi connectivity index (χ0) is 11.5. The molecule has 1 atom stereocenters. The predicted octanol–water partition coefficient (Wildman–Crippen LogP) is -0.531. The Labute approximate surface area is 89.0 Å². The lowest BCUT2D eigenvalue weighted by Crippen LogP contribution is -2.37. The van der Waals surface area contributed by atoms with Crippen LogP contribution >= 0.6 is 0 Å². The SMILES string of the molecule is CC[C@H](CO)NS(=O)(=O)c1ccnn1C. The van der Waals surface area contributed by atoms with Crippen molar-refractivity contribution in [2.45, 2.75) is 24.4 Å². The Bertz CT molecular complexity index is 409. The lowest BCUT2D eigenvalue weighted by atomic mass is 10.3. The van der Waals surface area contributed by atoms with E-state index in [9.17, 15) is 8.42 Å². The maximum Gasteiger partial charge on any atom is 0.258 e. The van der Waals surface area contributed by atoms with E-state index in [0.717, 1.165) is 0 Å². The summed E-state index contributed by atoms with van der Waals surface area (Å²) in [5.74, 6) is 0. The number of hydrogen-bond acceptors (Lipinski definition) is 4. The zero-order valence-electron chi connectivity index (χ0n) is 8.71. The normalized spacial score (nSPS) is 14.1. The van der Waals surface area contributed by atoms with Crippen molar-refractivity contribution in [2.24, 2.45) is 7.05 Å². The van der Waals surface area contributed by atoms with E-state index in [1.807, 2.05) is 0 Å². The molecule has 0 aliphatic carbocycles. The number of aromatic nitrogens is 2. The Hall–Kier alpha value is -0.920. The molecule has 86 valence electrons. The summed E-state index contributed by atoms with van der Waals surface area (Å²) < 4.78 is 27.2. The Morgan fingerprint density at radius 3 is 2.73 bits per heavy atom. The molecule has 0 saturated heterocycles. The van der Waals surface area contributed by atoms with Gasteiger partial charge in [-0.3, -0.25) is 4.68 Å². The standard InChI is InChI=1S/C8H15N3O3S/c1-3-7(6-12)10-15(13,14)8-4-5-9-11(8)2/h4-5,7,10,12H,3,6H2,1-2H3/t7-/m1/s1. The minimum Gasteiger partial charge on any atom is -0.395 e. The smallest absolute Gasteiger partial charge is 0.258 e. The van der Waals surface area contributed by atoms with Crippen LogP contribution in [0.2, 0.25) is 0 Å². The topological polar surface area (TPSA) is 84.2 Å². The van der Waals surface area contributed by atoms with Crippen LogP contribution in [0.3, 0.4) is 0 Å². The third kappa shape index (κ3) is 2.77. The molecular formula is C8H15N3O3S. The fraction of sp³-hybridized carbons (Fsp3) is 0.625. The van der Waals surface area contributed by atoms with Crippen molar-refractivity contribution < 1.29 is 13.5 Å². The van der Waals surface area contributed by atoms with Crippen molar-refractivity contribution in [3.63, 3.8) is 0 Å². The molecule has 0 amide bonds. The predicted molar refractivity (Wildman–Crippen MR) is 54.7 cm³/mol. The third-order valence-electron chi connectivity index (χ3n) is 2.09. The van der Waals surface area contributed by atoms with Crippen LogP contribution in [0.15, 0.2) is 17.3 Å². The van der Waals surface area contributed by atoms with Crippen LogP contribution in [0.1, 0.15) is 13.3 Å². The highest BCUT2D eigenvalue weighted by Crippen LogP contribution is 2.07. The van der Waals surface area contributed by atoms with Crippen molar-refractivity contribution in [2.75, 3.05) is 6.61 Å². The third-order valence-corrected chi connectivity index (χ3v) is 3.68. The minimum atomic E-state index is -3.58. The lowest BCUT2D eigenvalue weighted by molar-refractivity contribution is 0.253. The number of aliphatic hydroxyl groups is 1. The van der Waals surface area contributed by atoms with Gasteiger partial charge in [0.2, 0.25) is 0 Å². The number of nitrogens with zero attached hydrogens (tertiary/aromatic N) is 2. The number of aryl methyl sites for hydroxylation is 1. The zero-order valence-corrected chi connectivity index (χ0v) is 9.53. The summed E-state index contributed by atoms with van der Waals surface area (Å²) >= 11 is 0. The molecule has 0 aromatic carbocycles. The van der Waals surface area contributed by atoms with E-state index in [1.54, 1.807) is 14.0 Å². The summed E-state index contributed by atoms with van der Waals surface area (Å²) in [6.07, 6.45) is 1.95. The summed E-state index contributed by atoms with van der Waals surface area (Å²) in [4.78, 5) is 0. The van der Waals surface area contributed by atoms with Gasteiger partial charge in [0.1, 0.15) is 0 Å². The molecule has 0 aliphatic heterocycles. The molecule has 0 unspecified atom stereocenters. The first-order valence-electron chi connectivity index (χ1n) is 4.62. The number of nitrogens with one attached hydrogen (secondary N) is 1. The van der Waals surface area contributed by atoms with Gasteiger partial charge in [0.05, 0.1) is 12.8 Å². The summed E-state index contributed by atoms with van der Waals surface area (Å²) in [5.41, 5.74) is 0. The molecule has 0 fully saturated rings. The van der Waals surface area contributed by atoms with Crippen LogP contribution in [0.4, 0.5) is 0 Å². The number of rotatable bonds is 5. The number of sulfonamides is 1. The van der Waals surface area contributed by atoms with Crippen LogP contribution in [-0.4, -0.2) is 36.0 Å². The Balaban J connectivity index is 2.90. The molecule has 0 radical (unpaired) electrons. The first-order chi connectivity index (χ1) is 7.01. The summed E-state index contributed by atoms with van der Waals surface area (Å²) in [6, 6.07) is 0.955. The molecule has 2 N–H and O–H groups in total. The van der Waals surface area contributed by atoms with Crippen molar-refractivity contribution in [3.8, 4) is 0 Å². The molecule has 0 bridgehead atoms. The van der Waals surface area contributed by atoms with Gasteiger partial charge >= 0.3 is 0 Å². The second-order valence-corrected chi connectivity index (χ2v) is 4.86. The van der Waals surface area contributed by atoms with E-state index in [0.29, 0.717) is 6.42 Å². The average Bonchev–Trinajstić information content (AvgIpc) is 2.61. The molecule has 1 heterocycles. The van der Waals surface area contributed by atoms with Gasteiger partial charge in [0.25, 0.3) is 10.0 Å². The molecular weight excluding hydrogens is 218 g/mol. The van der Waals surface area contributed by atoms with Gasteiger partial charge in [-0.2, -0.15) is 5.10 Å². The molecule has 0 spiro atoms. The van der Waals surface area contributed by atoms with Crippen molar-refractivity contribution in [1.29, 1.82) is 0 Å². The largest absolute Gasteiger partial charge is 0.395 e. The molecule has 0 aliphatic rings. The van der Waals surface area contributed by atoms with E-state index < -0.39 is 16.1 Å². The second kappa shape index (κ2) is 4.73. The van der Waals surface area contributed by atoms with Gasteiger partial charge in [-0.05, 0) is 12.5 Å². The Kier molecular flexibility index (Phi) is 3.83. The van der Waals surface area contributed by atoms with Gasteiger partial charge in [0, 0.05) is 13.1 Å². The fourth-order valence-electron chi connectivity index (χ4n) is 1.15. The van der Waals surface area contributed by atoms with E-state index >= 15 is 0 Å². The second-order valence-electron chi connectivity index (χ2n) is 3.20. The van der Waals surface area contributed by atoms with Crippen LogP contribution in [-0.2, 0) is 17.1 Å². The summed E-state index contributed by atoms with van der Waals surface area (Å²) in [6.45, 7) is 1.58. The fourth-order valence-corrected chi connectivity index (χ4v) is 2.59. The van der Waals surface area contributed by atoms with Gasteiger partial charge in [-0.25, -0.2) is 13.1 Å². The molecule has 1 aromatic heterocycles. The maximum atomic E-state index is 11.8. The van der Waals surface area contributed by atoms with Crippen molar-refractivity contribution >= 4 is 10.0 Å². The highest BCUT2D eigenvalue weighted by atomic mass is 32.2. The number of aliphatic hydroxyl groups excluding tert-OH is 1. The van der Waals surface area contributed by atoms with Crippen molar-refractivity contribution in [3.05, 3.63) is 12.3 Å². The van der Waals surface area contributed by atoms with E-state index in [4.69, 9.17) is 5.11 Å². The minimum absolute atomic E-state index is 0.0920. The van der Waals surface area contributed by atoms with E-state index in [2.05, 4.69) is 9.82 Å². The molecule has 15 heavy (non-hydrogen) atoms. The van der Waals surface area contributed by atoms with E-state index in [1.165, 1.54) is 16.9 Å². The monoisotopic (exact) mass is 233 g/mol. The molecule has 1 rings (SSSR count). The van der Waals surface area contributed by atoms with Gasteiger partial charge in [0.15, 0.2) is 5.03 Å². The first kappa shape index (κ1) is 12.2. The molecule has 1 aromatic rings. The van der Waals surface area contributed by atoms with Crippen LogP contribution in [0, 0.1) is 0 Å². The average molecular weight is 233 g/mol. The van der Waals surface area contributed by atoms with Gasteiger partial charge in [-0.15, -0.1) is 0 Å². The van der Waals surface area contributed by atoms with Crippen LogP contribution < -0.4 is 4.72 Å². The van der Waals surface area contributed by atoms with Crippen molar-refractivity contribution in [1.82, 2.24) is 14.5 Å². The van der Waals surface area contributed by atoms with Gasteiger partial charge in [-0.1, -0.05) is 6.92 Å². The van der Waals surface area contributed by atoms with E-state index in [-0.39, 0.29) is 11.6 Å². The van der Waals surface area contributed by atoms with Crippen LogP contribution in [0.5, 0.6) is 0 Å². The maximum absolute atomic E-state index is 11.8. The molecule has 7 heteroatoms. The molecule has 0 saturated carbocycles.